The summed E-state index contributed by atoms with van der Waals surface area (Å²) in [5.74, 6) is 3.69. The number of benzene rings is 2. The van der Waals surface area contributed by atoms with Gasteiger partial charge in [0.05, 0.1) is 17.2 Å². The van der Waals surface area contributed by atoms with Crippen molar-refractivity contribution in [1.29, 1.82) is 0 Å². The molecule has 6 nitrogen and oxygen atoms in total. The first-order chi connectivity index (χ1) is 16.6. The molecule has 0 heterocycles. The van der Waals surface area contributed by atoms with E-state index in [9.17, 15) is 22.8 Å². The third-order valence-electron chi connectivity index (χ3n) is 4.90. The molecular formula is C25H26ClF3N2O4. The van der Waals surface area contributed by atoms with E-state index in [4.69, 9.17) is 21.1 Å². The van der Waals surface area contributed by atoms with Crippen molar-refractivity contribution in [3.05, 3.63) is 58.1 Å². The molecule has 0 aliphatic heterocycles. The Balaban J connectivity index is 2.16. The fourth-order valence-corrected chi connectivity index (χ4v) is 3.23. The molecule has 0 bridgehead atoms. The molecular weight excluding hydrogens is 485 g/mol. The lowest BCUT2D eigenvalue weighted by Crippen LogP contribution is -2.28. The number of anilines is 1. The van der Waals surface area contributed by atoms with Crippen molar-refractivity contribution >= 4 is 29.2 Å². The van der Waals surface area contributed by atoms with Crippen LogP contribution in [0.5, 0.6) is 5.75 Å². The first-order valence-corrected chi connectivity index (χ1v) is 11.3. The van der Waals surface area contributed by atoms with Crippen molar-refractivity contribution in [2.75, 3.05) is 38.2 Å². The van der Waals surface area contributed by atoms with Gasteiger partial charge < -0.3 is 19.7 Å². The predicted molar refractivity (Wildman–Crippen MR) is 128 cm³/mol. The molecule has 188 valence electrons. The highest BCUT2D eigenvalue weighted by molar-refractivity contribution is 6.31. The molecule has 0 saturated carbocycles. The number of hydrogen-bond donors (Lipinski definition) is 1. The highest BCUT2D eigenvalue weighted by Crippen LogP contribution is 2.32. The van der Waals surface area contributed by atoms with Crippen LogP contribution in [0.1, 0.15) is 42.3 Å². The van der Waals surface area contributed by atoms with Gasteiger partial charge in [-0.25, -0.2) is 4.79 Å². The predicted octanol–water partition coefficient (Wildman–Crippen LogP) is 5.25. The average Bonchev–Trinajstić information content (AvgIpc) is 2.81. The van der Waals surface area contributed by atoms with Crippen molar-refractivity contribution in [2.24, 2.45) is 0 Å². The zero-order valence-corrected chi connectivity index (χ0v) is 20.3. The molecule has 0 aromatic heterocycles. The molecule has 2 aromatic rings. The zero-order valence-electron chi connectivity index (χ0n) is 19.6. The van der Waals surface area contributed by atoms with Crippen LogP contribution in [0.15, 0.2) is 36.4 Å². The van der Waals surface area contributed by atoms with Gasteiger partial charge in [0.15, 0.2) is 0 Å². The molecule has 0 atom stereocenters. The molecule has 0 radical (unpaired) electrons. The van der Waals surface area contributed by atoms with E-state index in [-0.39, 0.29) is 28.4 Å². The number of amides is 1. The van der Waals surface area contributed by atoms with Gasteiger partial charge in [-0.2, -0.15) is 13.2 Å². The van der Waals surface area contributed by atoms with E-state index in [0.717, 1.165) is 31.3 Å². The minimum Gasteiger partial charge on any atom is -0.491 e. The molecule has 1 N–H and O–H groups in total. The van der Waals surface area contributed by atoms with E-state index < -0.39 is 23.6 Å². The van der Waals surface area contributed by atoms with Crippen molar-refractivity contribution in [3.63, 3.8) is 0 Å². The van der Waals surface area contributed by atoms with E-state index in [0.29, 0.717) is 18.9 Å². The third kappa shape index (κ3) is 8.50. The lowest BCUT2D eigenvalue weighted by Gasteiger charge is -2.19. The third-order valence-corrected chi connectivity index (χ3v) is 5.21. The number of alkyl halides is 3. The number of carbonyl (C=O) groups is 2. The molecule has 0 saturated heterocycles. The summed E-state index contributed by atoms with van der Waals surface area (Å²) in [6.07, 6.45) is -4.54. The number of ether oxygens (including phenoxy) is 2. The summed E-state index contributed by atoms with van der Waals surface area (Å²) in [6, 6.07) is 7.17. The summed E-state index contributed by atoms with van der Waals surface area (Å²) in [7, 11) is 0. The molecule has 0 spiro atoms. The lowest BCUT2D eigenvalue weighted by atomic mass is 10.1. The van der Waals surface area contributed by atoms with Crippen LogP contribution in [-0.2, 0) is 15.7 Å². The Morgan fingerprint density at radius 3 is 2.40 bits per heavy atom. The number of likely N-dealkylation sites (N-methyl/N-ethyl adjacent to an activating group) is 1. The standard InChI is InChI=1S/C25H26ClF3N2O4/c1-4-31(5-2)13-14-35-22-11-10-19(16-20(22)24(33)34-6-3)30-23(32)12-8-17-7-9-18(15-21(17)26)25(27,28)29/h7,9-11,15-16H,4-6,13-14H2,1-3H3,(H,30,32). The van der Waals surface area contributed by atoms with Crippen LogP contribution >= 0.6 is 11.6 Å². The smallest absolute Gasteiger partial charge is 0.416 e. The van der Waals surface area contributed by atoms with Crippen LogP contribution in [-0.4, -0.2) is 49.6 Å². The maximum atomic E-state index is 12.8. The van der Waals surface area contributed by atoms with Crippen LogP contribution in [0.2, 0.25) is 5.02 Å². The van der Waals surface area contributed by atoms with Gasteiger partial charge in [-0.1, -0.05) is 31.4 Å². The number of rotatable bonds is 9. The Bertz CT molecular complexity index is 1110. The second-order valence-corrected chi connectivity index (χ2v) is 7.61. The van der Waals surface area contributed by atoms with Gasteiger partial charge in [0, 0.05) is 23.7 Å². The van der Waals surface area contributed by atoms with Gasteiger partial charge in [-0.3, -0.25) is 4.79 Å². The van der Waals surface area contributed by atoms with Crippen LogP contribution in [0, 0.1) is 11.8 Å². The number of nitrogens with zero attached hydrogens (tertiary/aromatic N) is 1. The molecule has 0 unspecified atom stereocenters. The Labute approximate surface area is 207 Å². The number of halogens is 4. The van der Waals surface area contributed by atoms with Gasteiger partial charge in [0.2, 0.25) is 0 Å². The minimum absolute atomic E-state index is 0.0685. The van der Waals surface area contributed by atoms with Crippen molar-refractivity contribution in [3.8, 4) is 17.6 Å². The molecule has 2 rings (SSSR count). The van der Waals surface area contributed by atoms with E-state index >= 15 is 0 Å². The second kappa shape index (κ2) is 13.0. The van der Waals surface area contributed by atoms with Crippen molar-refractivity contribution in [2.45, 2.75) is 26.9 Å². The Hall–Kier alpha value is -3.22. The number of nitrogens with one attached hydrogen (secondary N) is 1. The molecule has 10 heteroatoms. The number of hydrogen-bond acceptors (Lipinski definition) is 5. The lowest BCUT2D eigenvalue weighted by molar-refractivity contribution is -0.137. The van der Waals surface area contributed by atoms with Crippen LogP contribution in [0.3, 0.4) is 0 Å². The largest absolute Gasteiger partial charge is 0.491 e. The van der Waals surface area contributed by atoms with E-state index in [1.165, 1.54) is 6.07 Å². The van der Waals surface area contributed by atoms with E-state index in [1.54, 1.807) is 19.1 Å². The summed E-state index contributed by atoms with van der Waals surface area (Å²) < 4.78 is 49.1. The maximum Gasteiger partial charge on any atom is 0.416 e. The van der Waals surface area contributed by atoms with Gasteiger partial charge >= 0.3 is 18.1 Å². The van der Waals surface area contributed by atoms with E-state index in [1.807, 2.05) is 13.8 Å². The minimum atomic E-state index is -4.54. The summed E-state index contributed by atoms with van der Waals surface area (Å²) in [6.45, 7) is 8.69. The fourth-order valence-electron chi connectivity index (χ4n) is 3.01. The second-order valence-electron chi connectivity index (χ2n) is 7.20. The molecule has 2 aromatic carbocycles. The molecule has 0 fully saturated rings. The monoisotopic (exact) mass is 510 g/mol. The number of carbonyl (C=O) groups excluding carboxylic acids is 2. The summed E-state index contributed by atoms with van der Waals surface area (Å²) >= 11 is 5.86. The van der Waals surface area contributed by atoms with Gasteiger partial charge in [-0.05, 0) is 56.4 Å². The maximum absolute atomic E-state index is 12.8. The summed E-state index contributed by atoms with van der Waals surface area (Å²) in [5.41, 5.74) is -0.438. The quantitative estimate of drug-likeness (QED) is 0.369. The van der Waals surface area contributed by atoms with Crippen LogP contribution in [0.4, 0.5) is 18.9 Å². The molecule has 0 aliphatic rings. The van der Waals surface area contributed by atoms with E-state index in [2.05, 4.69) is 22.1 Å². The zero-order chi connectivity index (χ0) is 26.0. The summed E-state index contributed by atoms with van der Waals surface area (Å²) in [5, 5.41) is 2.29. The number of esters is 1. The molecule has 1 amide bonds. The average molecular weight is 511 g/mol. The van der Waals surface area contributed by atoms with Crippen LogP contribution < -0.4 is 10.1 Å². The molecule has 35 heavy (non-hydrogen) atoms. The topological polar surface area (TPSA) is 67.9 Å². The SMILES string of the molecule is CCOC(=O)c1cc(NC(=O)C#Cc2ccc(C(F)(F)F)cc2Cl)ccc1OCCN(CC)CC. The Morgan fingerprint density at radius 1 is 1.09 bits per heavy atom. The van der Waals surface area contributed by atoms with Gasteiger partial charge in [-0.15, -0.1) is 0 Å². The Kier molecular flexibility index (Phi) is 10.4. The van der Waals surface area contributed by atoms with Crippen molar-refractivity contribution in [1.82, 2.24) is 4.90 Å². The molecule has 0 aliphatic carbocycles. The van der Waals surface area contributed by atoms with Crippen LogP contribution in [0.25, 0.3) is 0 Å². The normalized spacial score (nSPS) is 11.0. The highest BCUT2D eigenvalue weighted by atomic mass is 35.5. The fraction of sp³-hybridized carbons (Fsp3) is 0.360. The highest BCUT2D eigenvalue weighted by Gasteiger charge is 2.30. The first kappa shape index (κ1) is 28.0. The van der Waals surface area contributed by atoms with Gasteiger partial charge in [0.25, 0.3) is 0 Å². The first-order valence-electron chi connectivity index (χ1n) is 10.9. The van der Waals surface area contributed by atoms with Crippen molar-refractivity contribution < 1.29 is 32.2 Å². The van der Waals surface area contributed by atoms with Gasteiger partial charge in [0.1, 0.15) is 17.9 Å². The Morgan fingerprint density at radius 2 is 1.80 bits per heavy atom. The summed E-state index contributed by atoms with van der Waals surface area (Å²) in [4.78, 5) is 26.8.